The zero-order valence-corrected chi connectivity index (χ0v) is 11.1. The summed E-state index contributed by atoms with van der Waals surface area (Å²) in [5, 5.41) is 8.88. The summed E-state index contributed by atoms with van der Waals surface area (Å²) in [5.41, 5.74) is 6.08. The number of aromatic hydroxyl groups is 1. The highest BCUT2D eigenvalue weighted by molar-refractivity contribution is 7.85. The van der Waals surface area contributed by atoms with Crippen molar-refractivity contribution in [2.45, 2.75) is 4.90 Å². The van der Waals surface area contributed by atoms with Crippen LogP contribution in [0, 0.1) is 0 Å². The second-order valence-corrected chi connectivity index (χ2v) is 5.14. The summed E-state index contributed by atoms with van der Waals surface area (Å²) in [5.74, 6) is 0.0347. The first-order valence-corrected chi connectivity index (χ1v) is 6.85. The van der Waals surface area contributed by atoms with Crippen LogP contribution in [-0.4, -0.2) is 24.4 Å². The first-order valence-electron chi connectivity index (χ1n) is 5.41. The molecule has 0 bridgehead atoms. The van der Waals surface area contributed by atoms with E-state index in [2.05, 4.69) is 0 Å². The van der Waals surface area contributed by atoms with Crippen LogP contribution >= 0.6 is 0 Å². The van der Waals surface area contributed by atoms with Gasteiger partial charge >= 0.3 is 0 Å². The fourth-order valence-corrected chi connectivity index (χ4v) is 1.71. The van der Waals surface area contributed by atoms with Gasteiger partial charge in [-0.15, -0.1) is 0 Å². The summed E-state index contributed by atoms with van der Waals surface area (Å²) in [6, 6.07) is 11.7. The van der Waals surface area contributed by atoms with Gasteiger partial charge in [-0.1, -0.05) is 12.1 Å². The van der Waals surface area contributed by atoms with Gasteiger partial charge < -0.3 is 10.8 Å². The predicted octanol–water partition coefficient (Wildman–Crippen LogP) is 1.72. The Morgan fingerprint density at radius 2 is 1.55 bits per heavy atom. The van der Waals surface area contributed by atoms with Crippen molar-refractivity contribution in [3.05, 3.63) is 54.1 Å². The minimum atomic E-state index is -4.08. The van der Waals surface area contributed by atoms with Crippen LogP contribution in [-0.2, 0) is 10.1 Å². The van der Waals surface area contributed by atoms with Gasteiger partial charge in [0.05, 0.1) is 10.5 Å². The van der Waals surface area contributed by atoms with Gasteiger partial charge in [-0.2, -0.15) is 8.42 Å². The van der Waals surface area contributed by atoms with Crippen LogP contribution in [0.1, 0.15) is 10.4 Å². The van der Waals surface area contributed by atoms with Crippen molar-refractivity contribution in [1.82, 2.24) is 0 Å². The number of benzene rings is 2. The highest BCUT2D eigenvalue weighted by Gasteiger charge is 2.06. The van der Waals surface area contributed by atoms with E-state index in [1.54, 1.807) is 18.2 Å². The minimum Gasteiger partial charge on any atom is -0.507 e. The van der Waals surface area contributed by atoms with Crippen LogP contribution < -0.4 is 5.73 Å². The van der Waals surface area contributed by atoms with Crippen LogP contribution in [0.25, 0.3) is 0 Å². The van der Waals surface area contributed by atoms with Gasteiger partial charge in [-0.25, -0.2) is 0 Å². The molecule has 0 saturated carbocycles. The maximum atomic E-state index is 10.5. The number of carbonyl (C=O) groups is 1. The summed E-state index contributed by atoms with van der Waals surface area (Å²) in [4.78, 5) is 9.92. The number of hydrogen-bond acceptors (Lipinski definition) is 5. The largest absolute Gasteiger partial charge is 0.507 e. The number of phenols is 1. The van der Waals surface area contributed by atoms with E-state index >= 15 is 0 Å². The van der Waals surface area contributed by atoms with Crippen LogP contribution in [0.2, 0.25) is 0 Å². The number of hydrogen-bond donors (Lipinski definition) is 3. The highest BCUT2D eigenvalue weighted by atomic mass is 32.2. The predicted molar refractivity (Wildman–Crippen MR) is 74.2 cm³/mol. The van der Waals surface area contributed by atoms with E-state index in [0.717, 1.165) is 0 Å². The van der Waals surface area contributed by atoms with E-state index in [1.807, 2.05) is 0 Å². The Bertz CT molecular complexity index is 680. The SMILES string of the molecule is Nc1ccc(S(=O)(=O)O)cc1.O=Cc1ccccc1O. The Labute approximate surface area is 116 Å². The fraction of sp³-hybridized carbons (Fsp3) is 0. The summed E-state index contributed by atoms with van der Waals surface area (Å²) in [6.07, 6.45) is 0.620. The molecule has 0 unspecified atom stereocenters. The Balaban J connectivity index is 0.000000204. The minimum absolute atomic E-state index is 0.0347. The maximum absolute atomic E-state index is 10.5. The van der Waals surface area contributed by atoms with E-state index < -0.39 is 10.1 Å². The average Bonchev–Trinajstić information content (AvgIpc) is 2.39. The molecule has 0 atom stereocenters. The van der Waals surface area contributed by atoms with Gasteiger partial charge in [-0.3, -0.25) is 9.35 Å². The van der Waals surface area contributed by atoms with E-state index in [0.29, 0.717) is 17.5 Å². The molecular formula is C13H13NO5S. The van der Waals surface area contributed by atoms with Gasteiger partial charge in [0.25, 0.3) is 10.1 Å². The number of anilines is 1. The molecule has 2 aromatic carbocycles. The molecule has 0 spiro atoms. The molecule has 6 nitrogen and oxygen atoms in total. The normalized spacial score (nSPS) is 10.2. The molecule has 2 rings (SSSR count). The average molecular weight is 295 g/mol. The summed E-state index contributed by atoms with van der Waals surface area (Å²) < 4.78 is 29.4. The first kappa shape index (κ1) is 15.7. The van der Waals surface area contributed by atoms with Crippen LogP contribution in [0.3, 0.4) is 0 Å². The molecule has 0 aromatic heterocycles. The number of para-hydroxylation sites is 1. The number of aldehydes is 1. The Morgan fingerprint density at radius 1 is 1.00 bits per heavy atom. The third-order valence-electron chi connectivity index (χ3n) is 2.24. The van der Waals surface area contributed by atoms with Gasteiger partial charge in [-0.05, 0) is 36.4 Å². The summed E-state index contributed by atoms with van der Waals surface area (Å²) in [7, 11) is -4.08. The van der Waals surface area contributed by atoms with Gasteiger partial charge in [0.15, 0.2) is 6.29 Å². The highest BCUT2D eigenvalue weighted by Crippen LogP contribution is 2.12. The third-order valence-corrected chi connectivity index (χ3v) is 3.11. The van der Waals surface area contributed by atoms with Crippen molar-refractivity contribution in [1.29, 1.82) is 0 Å². The lowest BCUT2D eigenvalue weighted by Crippen LogP contribution is -1.97. The van der Waals surface area contributed by atoms with Crippen molar-refractivity contribution < 1.29 is 22.9 Å². The van der Waals surface area contributed by atoms with Gasteiger partial charge in [0.1, 0.15) is 5.75 Å². The molecular weight excluding hydrogens is 282 g/mol. The van der Waals surface area contributed by atoms with E-state index in [1.165, 1.54) is 30.3 Å². The number of rotatable bonds is 2. The van der Waals surface area contributed by atoms with Crippen LogP contribution in [0.4, 0.5) is 5.69 Å². The number of nitrogens with two attached hydrogens (primary N) is 1. The topological polar surface area (TPSA) is 118 Å². The lowest BCUT2D eigenvalue weighted by atomic mass is 10.2. The molecule has 4 N–H and O–H groups in total. The van der Waals surface area contributed by atoms with Crippen molar-refractivity contribution in [2.75, 3.05) is 5.73 Å². The summed E-state index contributed by atoms with van der Waals surface area (Å²) >= 11 is 0. The van der Waals surface area contributed by atoms with Crippen LogP contribution in [0.5, 0.6) is 5.75 Å². The van der Waals surface area contributed by atoms with E-state index in [-0.39, 0.29) is 10.6 Å². The second kappa shape index (κ2) is 6.69. The van der Waals surface area contributed by atoms with Crippen molar-refractivity contribution in [3.63, 3.8) is 0 Å². The Kier molecular flexibility index (Phi) is 5.24. The first-order chi connectivity index (χ1) is 9.34. The van der Waals surface area contributed by atoms with Crippen molar-refractivity contribution >= 4 is 22.1 Å². The lowest BCUT2D eigenvalue weighted by Gasteiger charge is -1.95. The zero-order valence-electron chi connectivity index (χ0n) is 10.3. The molecule has 0 saturated heterocycles. The molecule has 0 aliphatic carbocycles. The van der Waals surface area contributed by atoms with Gasteiger partial charge in [0.2, 0.25) is 0 Å². The van der Waals surface area contributed by atoms with E-state index in [4.69, 9.17) is 15.4 Å². The third kappa shape index (κ3) is 4.71. The van der Waals surface area contributed by atoms with Crippen molar-refractivity contribution in [3.8, 4) is 5.75 Å². The standard InChI is InChI=1S/C7H6O2.C6H7NO3S/c8-5-6-3-1-2-4-7(6)9;7-5-1-3-6(4-2-5)11(8,9)10/h1-5,9H;1-4H,7H2,(H,8,9,10). The van der Waals surface area contributed by atoms with Crippen LogP contribution in [0.15, 0.2) is 53.4 Å². The molecule has 0 fully saturated rings. The molecule has 2 aromatic rings. The zero-order chi connectivity index (χ0) is 15.2. The monoisotopic (exact) mass is 295 g/mol. The van der Waals surface area contributed by atoms with Crippen molar-refractivity contribution in [2.24, 2.45) is 0 Å². The molecule has 0 radical (unpaired) electrons. The van der Waals surface area contributed by atoms with E-state index in [9.17, 15) is 13.2 Å². The maximum Gasteiger partial charge on any atom is 0.294 e. The molecule has 0 aliphatic rings. The molecule has 7 heteroatoms. The molecule has 0 aliphatic heterocycles. The number of nitrogen functional groups attached to an aromatic ring is 1. The smallest absolute Gasteiger partial charge is 0.294 e. The quantitative estimate of drug-likeness (QED) is 0.441. The molecule has 106 valence electrons. The molecule has 0 amide bonds. The molecule has 20 heavy (non-hydrogen) atoms. The Hall–Kier alpha value is -2.38. The number of phenolic OH excluding ortho intramolecular Hbond substituents is 1. The lowest BCUT2D eigenvalue weighted by molar-refractivity contribution is 0.112. The Morgan fingerprint density at radius 3 is 1.95 bits per heavy atom. The summed E-state index contributed by atoms with van der Waals surface area (Å²) in [6.45, 7) is 0. The fourth-order valence-electron chi connectivity index (χ4n) is 1.23. The second-order valence-electron chi connectivity index (χ2n) is 3.72. The van der Waals surface area contributed by atoms with Gasteiger partial charge in [0, 0.05) is 5.69 Å². The number of carbonyl (C=O) groups excluding carboxylic acids is 1. The molecule has 0 heterocycles.